The van der Waals surface area contributed by atoms with Crippen molar-refractivity contribution in [2.45, 2.75) is 27.2 Å². The molecular weight excluding hydrogens is 454 g/mol. The fourth-order valence-corrected chi connectivity index (χ4v) is 1.92. The molecule has 0 aliphatic heterocycles. The van der Waals surface area contributed by atoms with Gasteiger partial charge in [-0.1, -0.05) is 13.2 Å². The van der Waals surface area contributed by atoms with Gasteiger partial charge in [0.25, 0.3) is 10.1 Å². The molecular formula is C16H25O9RbS. The average Bonchev–Trinajstić information content (AvgIpc) is 2.52. The van der Waals surface area contributed by atoms with Crippen LogP contribution in [0.5, 0.6) is 0 Å². The van der Waals surface area contributed by atoms with Gasteiger partial charge in [-0.05, 0) is 27.2 Å². The summed E-state index contributed by atoms with van der Waals surface area (Å²) in [5, 5.41) is 0. The van der Waals surface area contributed by atoms with E-state index in [0.717, 1.165) is 0 Å². The number of rotatable bonds is 11. The van der Waals surface area contributed by atoms with Crippen LogP contribution >= 0.6 is 0 Å². The van der Waals surface area contributed by atoms with Crippen molar-refractivity contribution in [3.8, 4) is 0 Å². The quantitative estimate of drug-likeness (QED) is 0.147. The maximum absolute atomic E-state index is 12.3. The van der Waals surface area contributed by atoms with E-state index >= 15 is 0 Å². The number of hydrogen-bond acceptors (Lipinski definition) is 8. The van der Waals surface area contributed by atoms with Gasteiger partial charge < -0.3 is 14.2 Å². The zero-order valence-electron chi connectivity index (χ0n) is 15.1. The van der Waals surface area contributed by atoms with Crippen molar-refractivity contribution in [3.63, 3.8) is 0 Å². The molecule has 11 heteroatoms. The molecule has 0 radical (unpaired) electrons. The van der Waals surface area contributed by atoms with E-state index in [9.17, 15) is 22.8 Å². The summed E-state index contributed by atoms with van der Waals surface area (Å²) in [6.45, 7) is 9.85. The molecule has 0 atom stereocenters. The van der Waals surface area contributed by atoms with Crippen molar-refractivity contribution in [3.05, 3.63) is 24.3 Å². The van der Waals surface area contributed by atoms with Gasteiger partial charge in [0.1, 0.15) is 18.6 Å². The van der Waals surface area contributed by atoms with Crippen molar-refractivity contribution < 1.29 is 41.6 Å². The summed E-state index contributed by atoms with van der Waals surface area (Å²) in [5.74, 6) is -2.91. The van der Waals surface area contributed by atoms with Gasteiger partial charge in [0.15, 0.2) is 0 Å². The van der Waals surface area contributed by atoms with Gasteiger partial charge in [0.05, 0.1) is 12.4 Å². The van der Waals surface area contributed by atoms with Crippen LogP contribution in [0.3, 0.4) is 0 Å². The summed E-state index contributed by atoms with van der Waals surface area (Å²) in [4.78, 5) is 35.4. The van der Waals surface area contributed by atoms with Crippen LogP contribution in [0, 0.1) is 5.41 Å². The van der Waals surface area contributed by atoms with Crippen molar-refractivity contribution >= 4 is 86.2 Å². The first kappa shape index (κ1) is 28.8. The second kappa shape index (κ2) is 12.9. The Kier molecular flexibility index (Phi) is 13.8. The Morgan fingerprint density at radius 3 is 1.70 bits per heavy atom. The molecule has 0 saturated heterocycles. The molecule has 0 amide bonds. The van der Waals surface area contributed by atoms with Crippen molar-refractivity contribution in [2.24, 2.45) is 5.41 Å². The fraction of sp³-hybridized carbons (Fsp3) is 0.562. The van der Waals surface area contributed by atoms with Gasteiger partial charge in [0, 0.05) is 11.1 Å². The molecule has 0 spiro atoms. The van der Waals surface area contributed by atoms with E-state index in [1.54, 1.807) is 0 Å². The average molecular weight is 479 g/mol. The molecule has 9 nitrogen and oxygen atoms in total. The van der Waals surface area contributed by atoms with Crippen molar-refractivity contribution in [1.29, 1.82) is 0 Å². The Morgan fingerprint density at radius 2 is 1.37 bits per heavy atom. The summed E-state index contributed by atoms with van der Waals surface area (Å²) >= 11 is 0. The van der Waals surface area contributed by atoms with E-state index in [-0.39, 0.29) is 82.4 Å². The fourth-order valence-electron chi connectivity index (χ4n) is 1.44. The van der Waals surface area contributed by atoms with E-state index in [0.29, 0.717) is 0 Å². The minimum atomic E-state index is -4.17. The monoisotopic (exact) mass is 478 g/mol. The standard InChI is InChI=1S/C16H24O9S.Rb.H/c1-11(2)13(17)24-9-16(5,10-25-14(18)12(3)4)15(19)23-7-6-8-26(20,21)22;;/h1,3,6-10H2,2,4-5H3,(H,20,21,22);;. The van der Waals surface area contributed by atoms with E-state index in [2.05, 4.69) is 13.2 Å². The van der Waals surface area contributed by atoms with E-state index in [4.69, 9.17) is 18.8 Å². The summed E-state index contributed by atoms with van der Waals surface area (Å²) in [6.07, 6.45) is -0.127. The van der Waals surface area contributed by atoms with Crippen LogP contribution in [0.15, 0.2) is 24.3 Å². The van der Waals surface area contributed by atoms with Gasteiger partial charge in [0.2, 0.25) is 0 Å². The van der Waals surface area contributed by atoms with Crippen LogP contribution in [0.4, 0.5) is 0 Å². The normalized spacial score (nSPS) is 11.0. The van der Waals surface area contributed by atoms with Crippen molar-refractivity contribution in [1.82, 2.24) is 0 Å². The molecule has 0 aliphatic carbocycles. The predicted molar refractivity (Wildman–Crippen MR) is 98.8 cm³/mol. The number of carbonyl (C=O) groups excluding carboxylic acids is 3. The molecule has 0 aromatic carbocycles. The van der Waals surface area contributed by atoms with Crippen LogP contribution in [-0.4, -0.2) is 115 Å². The van der Waals surface area contributed by atoms with Crippen LogP contribution in [0.25, 0.3) is 0 Å². The molecule has 0 heterocycles. The Bertz CT molecular complexity index is 652. The van der Waals surface area contributed by atoms with Crippen LogP contribution in [0.2, 0.25) is 0 Å². The first-order valence-electron chi connectivity index (χ1n) is 7.56. The third-order valence-electron chi connectivity index (χ3n) is 3.01. The summed E-state index contributed by atoms with van der Waals surface area (Å²) in [7, 11) is -4.17. The summed E-state index contributed by atoms with van der Waals surface area (Å²) < 4.78 is 44.8. The third-order valence-corrected chi connectivity index (χ3v) is 3.82. The van der Waals surface area contributed by atoms with Crippen LogP contribution in [0.1, 0.15) is 27.2 Å². The number of esters is 3. The Morgan fingerprint density at radius 1 is 0.963 bits per heavy atom. The van der Waals surface area contributed by atoms with Gasteiger partial charge in [-0.3, -0.25) is 9.35 Å². The first-order valence-corrected chi connectivity index (χ1v) is 9.17. The van der Waals surface area contributed by atoms with Crippen LogP contribution < -0.4 is 0 Å². The van der Waals surface area contributed by atoms with Gasteiger partial charge in [-0.15, -0.1) is 0 Å². The molecule has 0 saturated carbocycles. The second-order valence-electron chi connectivity index (χ2n) is 6.05. The first-order chi connectivity index (χ1) is 11.8. The Balaban J connectivity index is 0. The second-order valence-corrected chi connectivity index (χ2v) is 7.62. The third kappa shape index (κ3) is 12.6. The summed E-state index contributed by atoms with van der Waals surface area (Å²) in [5.41, 5.74) is -1.28. The zero-order chi connectivity index (χ0) is 20.5. The molecule has 0 rings (SSSR count). The van der Waals surface area contributed by atoms with Crippen molar-refractivity contribution in [2.75, 3.05) is 25.6 Å². The molecule has 150 valence electrons. The van der Waals surface area contributed by atoms with E-state index in [1.165, 1.54) is 20.8 Å². The SMILES string of the molecule is C=C(C)C(=O)OCC(C)(COC(=O)C(=C)C)C(=O)OCCCS(=O)(=O)O.[RbH]. The topological polar surface area (TPSA) is 133 Å². The molecule has 1 N–H and O–H groups in total. The zero-order valence-corrected chi connectivity index (χ0v) is 15.9. The van der Waals surface area contributed by atoms with Crippen LogP contribution in [-0.2, 0) is 38.7 Å². The van der Waals surface area contributed by atoms with E-state index < -0.39 is 52.4 Å². The maximum atomic E-state index is 12.3. The predicted octanol–water partition coefficient (Wildman–Crippen LogP) is 0.404. The molecule has 0 fully saturated rings. The number of ether oxygens (including phenoxy) is 3. The van der Waals surface area contributed by atoms with Gasteiger partial charge in [-0.2, -0.15) is 8.42 Å². The molecule has 27 heavy (non-hydrogen) atoms. The summed E-state index contributed by atoms with van der Waals surface area (Å²) in [6, 6.07) is 0. The molecule has 0 unspecified atom stereocenters. The van der Waals surface area contributed by atoms with E-state index in [1.807, 2.05) is 0 Å². The number of carbonyl (C=O) groups is 3. The molecule has 0 aliphatic rings. The molecule has 0 aromatic heterocycles. The van der Waals surface area contributed by atoms with Gasteiger partial charge >= 0.3 is 76.1 Å². The minimum absolute atomic E-state index is 0. The Labute approximate surface area is 208 Å². The molecule has 0 aromatic rings. The van der Waals surface area contributed by atoms with Gasteiger partial charge in [-0.25, -0.2) is 9.59 Å². The Hall–Kier alpha value is -0.395. The molecule has 0 bridgehead atoms. The number of hydrogen-bond donors (Lipinski definition) is 1.